The summed E-state index contributed by atoms with van der Waals surface area (Å²) in [7, 11) is 0. The number of rotatable bonds is 2. The molecule has 0 radical (unpaired) electrons. The standard InChI is InChI=1S/C18H17F3N4O3/c19-18(20,21)15-5-8-25(23-15)12-3-6-24(7-4-12)17(27)11-1-2-13-14(9-11)28-10-16(26)22-13/h1-2,5,8-9,12H,3-4,6-7,10H2,(H,22,26). The third-order valence-electron chi connectivity index (χ3n) is 4.89. The summed E-state index contributed by atoms with van der Waals surface area (Å²) in [4.78, 5) is 25.7. The summed E-state index contributed by atoms with van der Waals surface area (Å²) in [6.07, 6.45) is -2.10. The van der Waals surface area contributed by atoms with Gasteiger partial charge in [-0.3, -0.25) is 14.3 Å². The SMILES string of the molecule is O=C1COc2cc(C(=O)N3CCC(n4ccc(C(F)(F)F)n4)CC3)ccc2N1. The Kier molecular flexibility index (Phi) is 4.48. The molecular weight excluding hydrogens is 377 g/mol. The lowest BCUT2D eigenvalue weighted by Crippen LogP contribution is -2.39. The zero-order valence-corrected chi connectivity index (χ0v) is 14.7. The van der Waals surface area contributed by atoms with Gasteiger partial charge >= 0.3 is 6.18 Å². The van der Waals surface area contributed by atoms with Gasteiger partial charge in [-0.15, -0.1) is 0 Å². The molecule has 0 spiro atoms. The summed E-state index contributed by atoms with van der Waals surface area (Å²) in [5.74, 6) is 0.00991. The van der Waals surface area contributed by atoms with Crippen molar-refractivity contribution in [3.05, 3.63) is 41.7 Å². The lowest BCUT2D eigenvalue weighted by molar-refractivity contribution is -0.141. The van der Waals surface area contributed by atoms with Crippen LogP contribution in [0.15, 0.2) is 30.5 Å². The highest BCUT2D eigenvalue weighted by Crippen LogP contribution is 2.31. The van der Waals surface area contributed by atoms with Crippen LogP contribution in [-0.4, -0.2) is 46.2 Å². The molecule has 1 saturated heterocycles. The maximum atomic E-state index is 12.7. The number of fused-ring (bicyclic) bond motifs is 1. The fraction of sp³-hybridized carbons (Fsp3) is 0.389. The van der Waals surface area contributed by atoms with Crippen molar-refractivity contribution in [1.82, 2.24) is 14.7 Å². The molecule has 0 saturated carbocycles. The second-order valence-electron chi connectivity index (χ2n) is 6.75. The molecule has 2 aliphatic rings. The van der Waals surface area contributed by atoms with Crippen LogP contribution in [0, 0.1) is 0 Å². The number of anilines is 1. The fourth-order valence-electron chi connectivity index (χ4n) is 3.42. The number of hydrogen-bond donors (Lipinski definition) is 1. The van der Waals surface area contributed by atoms with E-state index in [0.717, 1.165) is 6.07 Å². The number of halogens is 3. The van der Waals surface area contributed by atoms with Crippen LogP contribution in [0.4, 0.5) is 18.9 Å². The van der Waals surface area contributed by atoms with Gasteiger partial charge in [0.15, 0.2) is 12.3 Å². The average Bonchev–Trinajstić information content (AvgIpc) is 3.18. The second-order valence-corrected chi connectivity index (χ2v) is 6.75. The molecule has 28 heavy (non-hydrogen) atoms. The van der Waals surface area contributed by atoms with Crippen LogP contribution in [0.25, 0.3) is 0 Å². The number of aromatic nitrogens is 2. The van der Waals surface area contributed by atoms with Gasteiger partial charge in [0.25, 0.3) is 11.8 Å². The smallest absolute Gasteiger partial charge is 0.435 e. The van der Waals surface area contributed by atoms with E-state index >= 15 is 0 Å². The number of alkyl halides is 3. The van der Waals surface area contributed by atoms with E-state index < -0.39 is 11.9 Å². The van der Waals surface area contributed by atoms with Crippen molar-refractivity contribution in [1.29, 1.82) is 0 Å². The zero-order chi connectivity index (χ0) is 19.9. The Morgan fingerprint density at radius 3 is 2.64 bits per heavy atom. The van der Waals surface area contributed by atoms with Crippen molar-refractivity contribution in [2.45, 2.75) is 25.1 Å². The molecule has 10 heteroatoms. The third-order valence-corrected chi connectivity index (χ3v) is 4.89. The number of piperidine rings is 1. The van der Waals surface area contributed by atoms with E-state index in [4.69, 9.17) is 4.74 Å². The molecule has 1 fully saturated rings. The highest BCUT2D eigenvalue weighted by atomic mass is 19.4. The molecule has 148 valence electrons. The normalized spacial score (nSPS) is 17.7. The monoisotopic (exact) mass is 394 g/mol. The molecule has 4 rings (SSSR count). The predicted molar refractivity (Wildman–Crippen MR) is 92.0 cm³/mol. The number of benzene rings is 1. The zero-order valence-electron chi connectivity index (χ0n) is 14.7. The van der Waals surface area contributed by atoms with Gasteiger partial charge in [-0.1, -0.05) is 0 Å². The van der Waals surface area contributed by atoms with Gasteiger partial charge in [-0.2, -0.15) is 18.3 Å². The van der Waals surface area contributed by atoms with Gasteiger partial charge in [0.1, 0.15) is 5.75 Å². The van der Waals surface area contributed by atoms with Crippen molar-refractivity contribution < 1.29 is 27.5 Å². The Balaban J connectivity index is 1.40. The van der Waals surface area contributed by atoms with Crippen molar-refractivity contribution in [2.24, 2.45) is 0 Å². The van der Waals surface area contributed by atoms with Crippen LogP contribution in [0.3, 0.4) is 0 Å². The van der Waals surface area contributed by atoms with E-state index in [1.165, 1.54) is 10.9 Å². The summed E-state index contributed by atoms with van der Waals surface area (Å²) < 4.78 is 44.8. The molecule has 3 heterocycles. The first-order valence-corrected chi connectivity index (χ1v) is 8.79. The number of likely N-dealkylation sites (tertiary alicyclic amines) is 1. The second kappa shape index (κ2) is 6.84. The number of hydrogen-bond acceptors (Lipinski definition) is 4. The first kappa shape index (κ1) is 18.3. The molecular formula is C18H17F3N4O3. The summed E-state index contributed by atoms with van der Waals surface area (Å²) in [6, 6.07) is 5.61. The minimum atomic E-state index is -4.46. The Bertz CT molecular complexity index is 917. The largest absolute Gasteiger partial charge is 0.482 e. The quantitative estimate of drug-likeness (QED) is 0.850. The molecule has 0 bridgehead atoms. The predicted octanol–water partition coefficient (Wildman–Crippen LogP) is 2.71. The van der Waals surface area contributed by atoms with Gasteiger partial charge in [-0.25, -0.2) is 0 Å². The Hall–Kier alpha value is -3.04. The first-order chi connectivity index (χ1) is 13.3. The minimum absolute atomic E-state index is 0.0974. The van der Waals surface area contributed by atoms with E-state index in [9.17, 15) is 22.8 Å². The topological polar surface area (TPSA) is 76.5 Å². The molecule has 1 aromatic heterocycles. The van der Waals surface area contributed by atoms with Gasteiger partial charge < -0.3 is 15.0 Å². The number of nitrogens with zero attached hydrogens (tertiary/aromatic N) is 3. The lowest BCUT2D eigenvalue weighted by Gasteiger charge is -2.32. The lowest BCUT2D eigenvalue weighted by atomic mass is 10.0. The van der Waals surface area contributed by atoms with Crippen LogP contribution in [-0.2, 0) is 11.0 Å². The number of carbonyl (C=O) groups excluding carboxylic acids is 2. The minimum Gasteiger partial charge on any atom is -0.482 e. The summed E-state index contributed by atoms with van der Waals surface area (Å²) in [6.45, 7) is 0.735. The van der Waals surface area contributed by atoms with E-state index in [1.807, 2.05) is 0 Å². The van der Waals surface area contributed by atoms with Crippen molar-refractivity contribution in [3.8, 4) is 5.75 Å². The van der Waals surface area contributed by atoms with Crippen LogP contribution in [0.2, 0.25) is 0 Å². The molecule has 1 aromatic carbocycles. The van der Waals surface area contributed by atoms with Crippen molar-refractivity contribution in [3.63, 3.8) is 0 Å². The van der Waals surface area contributed by atoms with Crippen molar-refractivity contribution in [2.75, 3.05) is 25.0 Å². The van der Waals surface area contributed by atoms with Crippen LogP contribution >= 0.6 is 0 Å². The Morgan fingerprint density at radius 1 is 1.21 bits per heavy atom. The Labute approximate surface area is 158 Å². The fourth-order valence-corrected chi connectivity index (χ4v) is 3.42. The van der Waals surface area contributed by atoms with E-state index in [2.05, 4.69) is 10.4 Å². The summed E-state index contributed by atoms with van der Waals surface area (Å²) in [5.41, 5.74) is 0.0459. The van der Waals surface area contributed by atoms with Gasteiger partial charge in [0.2, 0.25) is 0 Å². The molecule has 2 aromatic rings. The number of amides is 2. The maximum absolute atomic E-state index is 12.7. The average molecular weight is 394 g/mol. The van der Waals surface area contributed by atoms with Crippen LogP contribution in [0.1, 0.15) is 34.9 Å². The third kappa shape index (κ3) is 3.54. The van der Waals surface area contributed by atoms with Gasteiger partial charge in [0.05, 0.1) is 11.7 Å². The van der Waals surface area contributed by atoms with E-state index in [1.54, 1.807) is 23.1 Å². The van der Waals surface area contributed by atoms with Gasteiger partial charge in [-0.05, 0) is 37.1 Å². The van der Waals surface area contributed by atoms with Gasteiger partial charge in [0, 0.05) is 24.8 Å². The van der Waals surface area contributed by atoms with E-state index in [-0.39, 0.29) is 24.5 Å². The number of ether oxygens (including phenoxy) is 1. The number of nitrogens with one attached hydrogen (secondary N) is 1. The first-order valence-electron chi connectivity index (χ1n) is 8.79. The molecule has 7 nitrogen and oxygen atoms in total. The molecule has 1 N–H and O–H groups in total. The highest BCUT2D eigenvalue weighted by Gasteiger charge is 2.34. The highest BCUT2D eigenvalue weighted by molar-refractivity contribution is 5.99. The number of carbonyl (C=O) groups is 2. The molecule has 0 unspecified atom stereocenters. The molecule has 2 amide bonds. The van der Waals surface area contributed by atoms with Crippen LogP contribution < -0.4 is 10.1 Å². The molecule has 0 atom stereocenters. The maximum Gasteiger partial charge on any atom is 0.435 e. The summed E-state index contributed by atoms with van der Waals surface area (Å²) in [5, 5.41) is 6.29. The van der Waals surface area contributed by atoms with Crippen molar-refractivity contribution >= 4 is 17.5 Å². The molecule has 0 aliphatic carbocycles. The molecule has 2 aliphatic heterocycles. The summed E-state index contributed by atoms with van der Waals surface area (Å²) >= 11 is 0. The Morgan fingerprint density at radius 2 is 1.96 bits per heavy atom. The van der Waals surface area contributed by atoms with E-state index in [0.29, 0.717) is 42.9 Å². The van der Waals surface area contributed by atoms with Crippen LogP contribution in [0.5, 0.6) is 5.75 Å².